The lowest BCUT2D eigenvalue weighted by atomic mass is 9.97. The molecule has 0 aromatic heterocycles. The Morgan fingerprint density at radius 1 is 1.08 bits per heavy atom. The maximum atomic E-state index is 12.6. The predicted octanol–water partition coefficient (Wildman–Crippen LogP) is 4.18. The summed E-state index contributed by atoms with van der Waals surface area (Å²) < 4.78 is 32.8. The number of sulfonamides is 1. The van der Waals surface area contributed by atoms with E-state index in [-0.39, 0.29) is 17.4 Å². The lowest BCUT2D eigenvalue weighted by molar-refractivity contribution is 0.0526. The molecule has 2 aromatic carbocycles. The molecule has 6 heteroatoms. The van der Waals surface area contributed by atoms with Gasteiger partial charge in [-0.15, -0.1) is 0 Å². The summed E-state index contributed by atoms with van der Waals surface area (Å²) in [7, 11) is -3.73. The van der Waals surface area contributed by atoms with Crippen LogP contribution >= 0.6 is 0 Å². The van der Waals surface area contributed by atoms with Crippen molar-refractivity contribution in [1.82, 2.24) is 0 Å². The first-order chi connectivity index (χ1) is 11.9. The van der Waals surface area contributed by atoms with Crippen molar-refractivity contribution in [3.05, 3.63) is 59.7 Å². The summed E-state index contributed by atoms with van der Waals surface area (Å²) in [6.45, 7) is 6.10. The van der Waals surface area contributed by atoms with Gasteiger partial charge >= 0.3 is 5.97 Å². The Balaban J connectivity index is 2.27. The summed E-state index contributed by atoms with van der Waals surface area (Å²) in [4.78, 5) is 11.8. The van der Waals surface area contributed by atoms with Crippen molar-refractivity contribution in [2.24, 2.45) is 0 Å². The Morgan fingerprint density at radius 2 is 1.72 bits per heavy atom. The second kappa shape index (κ2) is 8.16. The molecule has 0 bridgehead atoms. The standard InChI is InChI=1S/C19H23NO4S/c1-4-14(3)17-8-6-7-9-18(17)20-25(22,23)16-12-10-15(11-13-16)19(21)24-5-2/h6-14,20H,4-5H2,1-3H3/t14-/m1/s1. The molecule has 1 N–H and O–H groups in total. The number of rotatable bonds is 7. The average molecular weight is 361 g/mol. The number of hydrogen-bond acceptors (Lipinski definition) is 4. The van der Waals surface area contributed by atoms with Gasteiger partial charge in [0, 0.05) is 0 Å². The number of nitrogens with one attached hydrogen (secondary N) is 1. The minimum atomic E-state index is -3.73. The first-order valence-electron chi connectivity index (χ1n) is 8.28. The normalized spacial score (nSPS) is 12.4. The summed E-state index contributed by atoms with van der Waals surface area (Å²) in [6.07, 6.45) is 0.910. The maximum Gasteiger partial charge on any atom is 0.338 e. The van der Waals surface area contributed by atoms with Gasteiger partial charge in [0.05, 0.1) is 22.8 Å². The number of ether oxygens (including phenoxy) is 1. The fourth-order valence-corrected chi connectivity index (χ4v) is 3.52. The molecule has 0 spiro atoms. The van der Waals surface area contributed by atoms with Gasteiger partial charge in [-0.05, 0) is 55.2 Å². The van der Waals surface area contributed by atoms with Crippen molar-refractivity contribution in [3.63, 3.8) is 0 Å². The van der Waals surface area contributed by atoms with Gasteiger partial charge in [0.25, 0.3) is 10.0 Å². The second-order valence-electron chi connectivity index (χ2n) is 5.75. The van der Waals surface area contributed by atoms with Gasteiger partial charge in [-0.3, -0.25) is 4.72 Å². The molecule has 25 heavy (non-hydrogen) atoms. The minimum absolute atomic E-state index is 0.0968. The summed E-state index contributed by atoms with van der Waals surface area (Å²) in [5.74, 6) is -0.230. The van der Waals surface area contributed by atoms with E-state index in [0.717, 1.165) is 12.0 Å². The number of anilines is 1. The van der Waals surface area contributed by atoms with Gasteiger partial charge in [-0.2, -0.15) is 0 Å². The maximum absolute atomic E-state index is 12.6. The molecule has 0 amide bonds. The molecule has 0 aliphatic rings. The molecule has 0 fully saturated rings. The van der Waals surface area contributed by atoms with E-state index in [2.05, 4.69) is 18.6 Å². The first-order valence-corrected chi connectivity index (χ1v) is 9.76. The van der Waals surface area contributed by atoms with Crippen LogP contribution in [0.3, 0.4) is 0 Å². The summed E-state index contributed by atoms with van der Waals surface area (Å²) in [6, 6.07) is 13.1. The van der Waals surface area contributed by atoms with Crippen molar-refractivity contribution in [2.45, 2.75) is 38.0 Å². The molecule has 2 aromatic rings. The van der Waals surface area contributed by atoms with E-state index in [1.807, 2.05) is 12.1 Å². The van der Waals surface area contributed by atoms with Crippen LogP contribution in [-0.2, 0) is 14.8 Å². The summed E-state index contributed by atoms with van der Waals surface area (Å²) >= 11 is 0. The predicted molar refractivity (Wildman–Crippen MR) is 98.4 cm³/mol. The number of carbonyl (C=O) groups is 1. The van der Waals surface area contributed by atoms with Gasteiger partial charge in [0.2, 0.25) is 0 Å². The zero-order chi connectivity index (χ0) is 18.4. The molecule has 0 unspecified atom stereocenters. The van der Waals surface area contributed by atoms with Crippen LogP contribution in [0.1, 0.15) is 49.0 Å². The minimum Gasteiger partial charge on any atom is -0.462 e. The number of hydrogen-bond donors (Lipinski definition) is 1. The molecule has 0 heterocycles. The Hall–Kier alpha value is -2.34. The van der Waals surface area contributed by atoms with Crippen LogP contribution in [0.25, 0.3) is 0 Å². The molecular weight excluding hydrogens is 338 g/mol. The summed E-state index contributed by atoms with van der Waals surface area (Å²) in [5, 5.41) is 0. The van der Waals surface area contributed by atoms with Gasteiger partial charge < -0.3 is 4.74 Å². The van der Waals surface area contributed by atoms with Gasteiger partial charge in [0.15, 0.2) is 0 Å². The molecule has 5 nitrogen and oxygen atoms in total. The Kier molecular flexibility index (Phi) is 6.20. The largest absolute Gasteiger partial charge is 0.462 e. The molecule has 134 valence electrons. The SMILES string of the molecule is CCOC(=O)c1ccc(S(=O)(=O)Nc2ccccc2[C@H](C)CC)cc1. The number of benzene rings is 2. The molecule has 0 aliphatic heterocycles. The van der Waals surface area contributed by atoms with Crippen LogP contribution in [0, 0.1) is 0 Å². The molecule has 0 aliphatic carbocycles. The van der Waals surface area contributed by atoms with Crippen molar-refractivity contribution in [2.75, 3.05) is 11.3 Å². The Morgan fingerprint density at radius 3 is 2.32 bits per heavy atom. The third kappa shape index (κ3) is 4.60. The molecular formula is C19H23NO4S. The third-order valence-corrected chi connectivity index (χ3v) is 5.41. The van der Waals surface area contributed by atoms with E-state index in [4.69, 9.17) is 4.74 Å². The van der Waals surface area contributed by atoms with E-state index in [1.54, 1.807) is 19.1 Å². The van der Waals surface area contributed by atoms with Crippen molar-refractivity contribution < 1.29 is 17.9 Å². The van der Waals surface area contributed by atoms with Crippen LogP contribution in [0.15, 0.2) is 53.4 Å². The average Bonchev–Trinajstić information content (AvgIpc) is 2.61. The lowest BCUT2D eigenvalue weighted by Crippen LogP contribution is -2.15. The van der Waals surface area contributed by atoms with Crippen molar-refractivity contribution >= 4 is 21.7 Å². The molecule has 0 radical (unpaired) electrons. The van der Waals surface area contributed by atoms with Gasteiger partial charge in [-0.25, -0.2) is 13.2 Å². The Labute approximate surface area is 149 Å². The van der Waals surface area contributed by atoms with Crippen LogP contribution in [0.5, 0.6) is 0 Å². The highest BCUT2D eigenvalue weighted by Gasteiger charge is 2.18. The van der Waals surface area contributed by atoms with Gasteiger partial charge in [-0.1, -0.05) is 32.0 Å². The highest BCUT2D eigenvalue weighted by atomic mass is 32.2. The van der Waals surface area contributed by atoms with Crippen molar-refractivity contribution in [1.29, 1.82) is 0 Å². The van der Waals surface area contributed by atoms with E-state index in [1.165, 1.54) is 24.3 Å². The fraction of sp³-hybridized carbons (Fsp3) is 0.316. The van der Waals surface area contributed by atoms with E-state index < -0.39 is 16.0 Å². The van der Waals surface area contributed by atoms with Crippen LogP contribution in [0.4, 0.5) is 5.69 Å². The molecule has 2 rings (SSSR count). The van der Waals surface area contributed by atoms with Crippen molar-refractivity contribution in [3.8, 4) is 0 Å². The second-order valence-corrected chi connectivity index (χ2v) is 7.43. The molecule has 0 saturated heterocycles. The molecule has 0 saturated carbocycles. The number of para-hydroxylation sites is 1. The zero-order valence-electron chi connectivity index (χ0n) is 14.7. The van der Waals surface area contributed by atoms with E-state index in [9.17, 15) is 13.2 Å². The summed E-state index contributed by atoms with van der Waals surface area (Å²) in [5.41, 5.74) is 1.85. The highest BCUT2D eigenvalue weighted by Crippen LogP contribution is 2.28. The van der Waals surface area contributed by atoms with Crippen LogP contribution < -0.4 is 4.72 Å². The first kappa shape index (κ1) is 19.0. The van der Waals surface area contributed by atoms with E-state index >= 15 is 0 Å². The zero-order valence-corrected chi connectivity index (χ0v) is 15.5. The van der Waals surface area contributed by atoms with E-state index in [0.29, 0.717) is 11.3 Å². The number of carbonyl (C=O) groups excluding carboxylic acids is 1. The smallest absolute Gasteiger partial charge is 0.338 e. The van der Waals surface area contributed by atoms with Gasteiger partial charge in [0.1, 0.15) is 0 Å². The fourth-order valence-electron chi connectivity index (χ4n) is 2.43. The van der Waals surface area contributed by atoms with Crippen LogP contribution in [-0.4, -0.2) is 21.0 Å². The molecule has 1 atom stereocenters. The quantitative estimate of drug-likeness (QED) is 0.751. The highest BCUT2D eigenvalue weighted by molar-refractivity contribution is 7.92. The number of esters is 1. The Bertz CT molecular complexity index is 829. The third-order valence-electron chi connectivity index (χ3n) is 4.02. The lowest BCUT2D eigenvalue weighted by Gasteiger charge is -2.16. The monoisotopic (exact) mass is 361 g/mol. The topological polar surface area (TPSA) is 72.5 Å². The van der Waals surface area contributed by atoms with Crippen LogP contribution in [0.2, 0.25) is 0 Å².